The zero-order valence-corrected chi connectivity index (χ0v) is 20.6. The first-order valence-electron chi connectivity index (χ1n) is 12.7. The van der Waals surface area contributed by atoms with Crippen molar-refractivity contribution >= 4 is 11.9 Å². The number of rotatable bonds is 6. The Hall–Kier alpha value is -2.78. The van der Waals surface area contributed by atoms with Crippen molar-refractivity contribution in [2.45, 2.75) is 69.6 Å². The third kappa shape index (κ3) is 3.84. The molecule has 2 saturated heterocycles. The average Bonchev–Trinajstić information content (AvgIpc) is 3.52. The van der Waals surface area contributed by atoms with Crippen molar-refractivity contribution in [2.24, 2.45) is 0 Å². The quantitative estimate of drug-likeness (QED) is 0.528. The van der Waals surface area contributed by atoms with Crippen LogP contribution < -0.4 is 5.32 Å². The average molecular weight is 493 g/mol. The monoisotopic (exact) mass is 492 g/mol. The molecule has 0 aliphatic carbocycles. The van der Waals surface area contributed by atoms with Gasteiger partial charge < -0.3 is 25.0 Å². The van der Waals surface area contributed by atoms with E-state index in [2.05, 4.69) is 10.2 Å². The first kappa shape index (κ1) is 23.6. The van der Waals surface area contributed by atoms with Gasteiger partial charge in [0.15, 0.2) is 0 Å². The minimum absolute atomic E-state index is 0.171. The smallest absolute Gasteiger partial charge is 0.338 e. The fourth-order valence-electron chi connectivity index (χ4n) is 6.62. The van der Waals surface area contributed by atoms with Crippen LogP contribution >= 0.6 is 0 Å². The lowest BCUT2D eigenvalue weighted by Crippen LogP contribution is -2.54. The molecule has 0 amide bonds. The van der Waals surface area contributed by atoms with Gasteiger partial charge in [-0.1, -0.05) is 18.2 Å². The number of β-amino-alcohol motifs (C(OH)–C–C–N with tert-alkyl or cyclic N) is 1. The second-order valence-corrected chi connectivity index (χ2v) is 10.9. The molecule has 36 heavy (non-hydrogen) atoms. The van der Waals surface area contributed by atoms with Crippen LogP contribution in [0.5, 0.6) is 0 Å². The largest absolute Gasteiger partial charge is 0.459 e. The molecule has 0 spiro atoms. The number of esters is 2. The van der Waals surface area contributed by atoms with Crippen LogP contribution in [-0.2, 0) is 22.5 Å². The number of aliphatic hydroxyl groups excluding tert-OH is 2. The summed E-state index contributed by atoms with van der Waals surface area (Å²) in [7, 11) is 0. The summed E-state index contributed by atoms with van der Waals surface area (Å²) in [5, 5.41) is 26.1. The van der Waals surface area contributed by atoms with Crippen LogP contribution in [0.1, 0.15) is 80.5 Å². The molecule has 0 aromatic heterocycles. The van der Waals surface area contributed by atoms with E-state index in [1.54, 1.807) is 12.1 Å². The molecule has 2 bridgehead atoms. The van der Waals surface area contributed by atoms with E-state index in [9.17, 15) is 19.8 Å². The second-order valence-electron chi connectivity index (χ2n) is 10.9. The number of hydrogen-bond donors (Lipinski definition) is 3. The van der Waals surface area contributed by atoms with E-state index in [1.807, 2.05) is 32.0 Å². The van der Waals surface area contributed by atoms with E-state index < -0.39 is 12.2 Å². The number of aliphatic hydroxyl groups is 2. The highest BCUT2D eigenvalue weighted by Gasteiger charge is 2.51. The minimum atomic E-state index is -0.707. The molecule has 4 heterocycles. The van der Waals surface area contributed by atoms with E-state index in [0.717, 1.165) is 47.3 Å². The number of piperazine rings is 1. The molecule has 0 radical (unpaired) electrons. The summed E-state index contributed by atoms with van der Waals surface area (Å²) in [6.07, 6.45) is 0.517. The highest BCUT2D eigenvalue weighted by atomic mass is 16.5. The number of cyclic esters (lactones) is 2. The van der Waals surface area contributed by atoms with Crippen LogP contribution in [0.4, 0.5) is 0 Å². The Labute approximate surface area is 210 Å². The van der Waals surface area contributed by atoms with E-state index in [4.69, 9.17) is 9.47 Å². The minimum Gasteiger partial charge on any atom is -0.459 e. The summed E-state index contributed by atoms with van der Waals surface area (Å²) in [6.45, 7) is 6.08. The Morgan fingerprint density at radius 1 is 1.14 bits per heavy atom. The fourth-order valence-corrected chi connectivity index (χ4v) is 6.62. The molecule has 2 aromatic carbocycles. The zero-order valence-electron chi connectivity index (χ0n) is 20.6. The molecule has 4 aliphatic heterocycles. The Bertz CT molecular complexity index is 1240. The molecule has 190 valence electrons. The van der Waals surface area contributed by atoms with Gasteiger partial charge in [-0.25, -0.2) is 9.59 Å². The summed E-state index contributed by atoms with van der Waals surface area (Å²) in [6, 6.07) is 9.43. The maximum atomic E-state index is 12.2. The van der Waals surface area contributed by atoms with Crippen LogP contribution in [0.2, 0.25) is 0 Å². The van der Waals surface area contributed by atoms with Gasteiger partial charge in [-0.15, -0.1) is 0 Å². The maximum absolute atomic E-state index is 12.2. The van der Waals surface area contributed by atoms with Crippen LogP contribution in [0.15, 0.2) is 30.3 Å². The predicted octanol–water partition coefficient (Wildman–Crippen LogP) is 2.34. The summed E-state index contributed by atoms with van der Waals surface area (Å²) in [5.41, 5.74) is 5.20. The normalized spacial score (nSPS) is 28.4. The molecule has 4 aliphatic rings. The van der Waals surface area contributed by atoms with Crippen molar-refractivity contribution in [3.8, 4) is 0 Å². The zero-order chi connectivity index (χ0) is 25.2. The Kier molecular flexibility index (Phi) is 5.68. The molecule has 3 N–H and O–H groups in total. The van der Waals surface area contributed by atoms with Crippen molar-refractivity contribution in [3.63, 3.8) is 0 Å². The number of fused-ring (bicyclic) bond motifs is 4. The standard InChI is InChI=1S/C28H32N2O6/c1-15-7-18-8-17(3-4-21(18)27(34)36-15)25(32)12-30-11-19-9-28(30,14-29-19)10-24(31)20-5-6-22-23(16(20)2)13-35-26(22)33/h3-6,8,15,19,24-25,29,31-32H,7,9-14H2,1-2H3/t15-,19-,24-,25?,28-/m1/s1. The van der Waals surface area contributed by atoms with Crippen LogP contribution in [0.25, 0.3) is 0 Å². The molecule has 2 fully saturated rings. The molecule has 8 heteroatoms. The van der Waals surface area contributed by atoms with Gasteiger partial charge in [-0.2, -0.15) is 0 Å². The summed E-state index contributed by atoms with van der Waals surface area (Å²) < 4.78 is 10.5. The number of nitrogens with one attached hydrogen (secondary N) is 1. The van der Waals surface area contributed by atoms with E-state index >= 15 is 0 Å². The Balaban J connectivity index is 1.20. The second kappa shape index (κ2) is 8.66. The number of carbonyl (C=O) groups is 2. The lowest BCUT2D eigenvalue weighted by Gasteiger charge is -2.41. The first-order chi connectivity index (χ1) is 17.2. The predicted molar refractivity (Wildman–Crippen MR) is 131 cm³/mol. The maximum Gasteiger partial charge on any atom is 0.338 e. The fraction of sp³-hybridized carbons (Fsp3) is 0.500. The van der Waals surface area contributed by atoms with E-state index in [-0.39, 0.29) is 30.2 Å². The van der Waals surface area contributed by atoms with Gasteiger partial charge in [0.05, 0.1) is 23.3 Å². The molecule has 5 atom stereocenters. The van der Waals surface area contributed by atoms with Crippen molar-refractivity contribution in [3.05, 3.63) is 69.3 Å². The number of nitrogens with zero attached hydrogens (tertiary/aromatic N) is 1. The molecular weight excluding hydrogens is 460 g/mol. The third-order valence-corrected chi connectivity index (χ3v) is 8.54. The van der Waals surface area contributed by atoms with Gasteiger partial charge in [0.1, 0.15) is 12.7 Å². The summed E-state index contributed by atoms with van der Waals surface area (Å²) >= 11 is 0. The van der Waals surface area contributed by atoms with Crippen molar-refractivity contribution in [1.82, 2.24) is 10.2 Å². The van der Waals surface area contributed by atoms with Gasteiger partial charge in [0.25, 0.3) is 0 Å². The van der Waals surface area contributed by atoms with Crippen LogP contribution in [0.3, 0.4) is 0 Å². The number of benzene rings is 2. The van der Waals surface area contributed by atoms with E-state index in [1.165, 1.54) is 0 Å². The van der Waals surface area contributed by atoms with Gasteiger partial charge in [0.2, 0.25) is 0 Å². The first-order valence-corrected chi connectivity index (χ1v) is 12.7. The SMILES string of the molecule is Cc1c([C@H](O)C[C@]23CN[C@@H](CN2CC(O)c2ccc4c(c2)C[C@@H](C)OC4=O)C3)ccc2c1COC2=O. The van der Waals surface area contributed by atoms with Crippen molar-refractivity contribution in [2.75, 3.05) is 19.6 Å². The Morgan fingerprint density at radius 3 is 2.75 bits per heavy atom. The highest BCUT2D eigenvalue weighted by molar-refractivity contribution is 5.94. The molecule has 8 nitrogen and oxygen atoms in total. The topological polar surface area (TPSA) is 108 Å². The lowest BCUT2D eigenvalue weighted by atomic mass is 9.85. The number of carbonyl (C=O) groups excluding carboxylic acids is 2. The van der Waals surface area contributed by atoms with Gasteiger partial charge in [-0.05, 0) is 61.1 Å². The molecule has 6 rings (SSSR count). The summed E-state index contributed by atoms with van der Waals surface area (Å²) in [4.78, 5) is 26.4. The van der Waals surface area contributed by atoms with Crippen LogP contribution in [-0.4, -0.2) is 64.4 Å². The number of likely N-dealkylation sites (tertiary alicyclic amines) is 1. The van der Waals surface area contributed by atoms with Crippen LogP contribution in [0, 0.1) is 6.92 Å². The lowest BCUT2D eigenvalue weighted by molar-refractivity contribution is 0.0213. The van der Waals surface area contributed by atoms with Crippen molar-refractivity contribution in [1.29, 1.82) is 0 Å². The highest BCUT2D eigenvalue weighted by Crippen LogP contribution is 2.43. The Morgan fingerprint density at radius 2 is 1.94 bits per heavy atom. The third-order valence-electron chi connectivity index (χ3n) is 8.54. The number of ether oxygens (including phenoxy) is 2. The van der Waals surface area contributed by atoms with Gasteiger partial charge in [-0.3, -0.25) is 4.90 Å². The molecule has 2 aromatic rings. The van der Waals surface area contributed by atoms with Crippen molar-refractivity contribution < 1.29 is 29.3 Å². The van der Waals surface area contributed by atoms with Gasteiger partial charge in [0, 0.05) is 43.2 Å². The molecule has 0 saturated carbocycles. The molecular formula is C28H32N2O6. The summed E-state index contributed by atoms with van der Waals surface area (Å²) in [5.74, 6) is -0.613. The van der Waals surface area contributed by atoms with Gasteiger partial charge >= 0.3 is 11.9 Å². The molecule has 1 unspecified atom stereocenters. The number of hydrogen-bond acceptors (Lipinski definition) is 8. The van der Waals surface area contributed by atoms with E-state index in [0.29, 0.717) is 36.6 Å².